The van der Waals surface area contributed by atoms with Crippen LogP contribution in [0.5, 0.6) is 0 Å². The Bertz CT molecular complexity index is 466. The van der Waals surface area contributed by atoms with Crippen LogP contribution in [0, 0.1) is 6.92 Å². The first-order valence-corrected chi connectivity index (χ1v) is 4.37. The van der Waals surface area contributed by atoms with Crippen LogP contribution in [0.4, 0.5) is 5.82 Å². The summed E-state index contributed by atoms with van der Waals surface area (Å²) in [5, 5.41) is 1.67. The molecular formula is C10H9ClN2. The number of nitrogens with zero attached hydrogens (tertiary/aromatic N) is 1. The number of nitrogen functional groups attached to an aromatic ring is 1. The molecule has 0 bridgehead atoms. The minimum atomic E-state index is 0.565. The highest BCUT2D eigenvalue weighted by Gasteiger charge is 2.02. The predicted molar refractivity (Wildman–Crippen MR) is 55.9 cm³/mol. The van der Waals surface area contributed by atoms with Gasteiger partial charge in [-0.25, -0.2) is 4.98 Å². The fourth-order valence-corrected chi connectivity index (χ4v) is 1.50. The van der Waals surface area contributed by atoms with Crippen molar-refractivity contribution < 1.29 is 0 Å². The van der Waals surface area contributed by atoms with E-state index in [-0.39, 0.29) is 0 Å². The molecule has 1 aromatic heterocycles. The zero-order valence-electron chi connectivity index (χ0n) is 7.21. The zero-order chi connectivity index (χ0) is 9.42. The van der Waals surface area contributed by atoms with Gasteiger partial charge in [-0.2, -0.15) is 0 Å². The minimum Gasteiger partial charge on any atom is -0.383 e. The molecule has 0 atom stereocenters. The van der Waals surface area contributed by atoms with E-state index in [0.29, 0.717) is 10.8 Å². The van der Waals surface area contributed by atoms with E-state index in [2.05, 4.69) is 4.98 Å². The Morgan fingerprint density at radius 2 is 2.15 bits per heavy atom. The van der Waals surface area contributed by atoms with Gasteiger partial charge in [0.15, 0.2) is 0 Å². The van der Waals surface area contributed by atoms with E-state index in [1.165, 1.54) is 0 Å². The van der Waals surface area contributed by atoms with Crippen molar-refractivity contribution in [3.63, 3.8) is 0 Å². The Hall–Kier alpha value is -1.28. The predicted octanol–water partition coefficient (Wildman–Crippen LogP) is 2.78. The average molecular weight is 193 g/mol. The molecule has 2 nitrogen and oxygen atoms in total. The molecule has 66 valence electrons. The maximum atomic E-state index is 6.00. The monoisotopic (exact) mass is 192 g/mol. The normalized spacial score (nSPS) is 10.6. The van der Waals surface area contributed by atoms with E-state index in [1.54, 1.807) is 0 Å². The maximum absolute atomic E-state index is 6.00. The van der Waals surface area contributed by atoms with Crippen molar-refractivity contribution in [1.82, 2.24) is 4.98 Å². The molecule has 0 aliphatic heterocycles. The molecule has 2 rings (SSSR count). The van der Waals surface area contributed by atoms with E-state index >= 15 is 0 Å². The van der Waals surface area contributed by atoms with Crippen LogP contribution < -0.4 is 5.73 Å². The summed E-state index contributed by atoms with van der Waals surface area (Å²) < 4.78 is 0. The Morgan fingerprint density at radius 3 is 2.92 bits per heavy atom. The molecule has 13 heavy (non-hydrogen) atoms. The van der Waals surface area contributed by atoms with Gasteiger partial charge in [0.25, 0.3) is 0 Å². The number of benzene rings is 1. The summed E-state index contributed by atoms with van der Waals surface area (Å²) >= 11 is 6.00. The van der Waals surface area contributed by atoms with Gasteiger partial charge in [0.1, 0.15) is 5.82 Å². The molecule has 1 heterocycles. The number of pyridine rings is 1. The number of anilines is 1. The van der Waals surface area contributed by atoms with Gasteiger partial charge in [0, 0.05) is 10.4 Å². The summed E-state index contributed by atoms with van der Waals surface area (Å²) in [6.45, 7) is 1.92. The fraction of sp³-hybridized carbons (Fsp3) is 0.100. The highest BCUT2D eigenvalue weighted by molar-refractivity contribution is 6.35. The number of aromatic nitrogens is 1. The summed E-state index contributed by atoms with van der Waals surface area (Å²) in [4.78, 5) is 4.23. The van der Waals surface area contributed by atoms with Crippen molar-refractivity contribution >= 4 is 28.3 Å². The standard InChI is InChI=1S/C10H9ClN2/c1-6-5-7-8(11)3-2-4-9(7)13-10(6)12/h2-5H,1H3,(H2,12,13). The Kier molecular flexibility index (Phi) is 1.85. The molecule has 1 aromatic carbocycles. The first-order valence-electron chi connectivity index (χ1n) is 4.00. The molecule has 0 amide bonds. The SMILES string of the molecule is Cc1cc2c(Cl)cccc2nc1N. The molecule has 0 fully saturated rings. The van der Waals surface area contributed by atoms with Gasteiger partial charge in [-0.15, -0.1) is 0 Å². The van der Waals surface area contributed by atoms with Crippen LogP contribution in [-0.4, -0.2) is 4.98 Å². The first-order chi connectivity index (χ1) is 6.18. The van der Waals surface area contributed by atoms with Crippen LogP contribution in [0.1, 0.15) is 5.56 Å². The molecule has 0 radical (unpaired) electrons. The highest BCUT2D eigenvalue weighted by Crippen LogP contribution is 2.24. The van der Waals surface area contributed by atoms with E-state index in [9.17, 15) is 0 Å². The molecule has 3 heteroatoms. The molecule has 0 aliphatic rings. The van der Waals surface area contributed by atoms with Gasteiger partial charge in [0.05, 0.1) is 5.52 Å². The number of aryl methyl sites for hydroxylation is 1. The summed E-state index contributed by atoms with van der Waals surface area (Å²) in [5.41, 5.74) is 7.48. The lowest BCUT2D eigenvalue weighted by Crippen LogP contribution is -1.94. The molecule has 0 spiro atoms. The second kappa shape index (κ2) is 2.89. The van der Waals surface area contributed by atoms with Crippen LogP contribution in [0.25, 0.3) is 10.9 Å². The van der Waals surface area contributed by atoms with E-state index in [4.69, 9.17) is 17.3 Å². The molecule has 2 N–H and O–H groups in total. The van der Waals surface area contributed by atoms with Crippen LogP contribution in [0.2, 0.25) is 5.02 Å². The summed E-state index contributed by atoms with van der Waals surface area (Å²) in [7, 11) is 0. The number of halogens is 1. The smallest absolute Gasteiger partial charge is 0.127 e. The largest absolute Gasteiger partial charge is 0.383 e. The lowest BCUT2D eigenvalue weighted by atomic mass is 10.1. The average Bonchev–Trinajstić information content (AvgIpc) is 2.09. The van der Waals surface area contributed by atoms with E-state index in [1.807, 2.05) is 31.2 Å². The minimum absolute atomic E-state index is 0.565. The number of hydrogen-bond donors (Lipinski definition) is 1. The molecule has 0 unspecified atom stereocenters. The number of hydrogen-bond acceptors (Lipinski definition) is 2. The molecule has 2 aromatic rings. The summed E-state index contributed by atoms with van der Waals surface area (Å²) in [5.74, 6) is 0.565. The quantitative estimate of drug-likeness (QED) is 0.697. The lowest BCUT2D eigenvalue weighted by molar-refractivity contribution is 1.34. The van der Waals surface area contributed by atoms with Crippen molar-refractivity contribution in [3.05, 3.63) is 34.9 Å². The zero-order valence-corrected chi connectivity index (χ0v) is 7.97. The molecule has 0 aliphatic carbocycles. The van der Waals surface area contributed by atoms with Crippen molar-refractivity contribution in [2.75, 3.05) is 5.73 Å². The van der Waals surface area contributed by atoms with Crippen molar-refractivity contribution in [3.8, 4) is 0 Å². The Labute approximate surface area is 81.3 Å². The summed E-state index contributed by atoms with van der Waals surface area (Å²) in [6.07, 6.45) is 0. The molecule has 0 saturated heterocycles. The summed E-state index contributed by atoms with van der Waals surface area (Å²) in [6, 6.07) is 7.57. The Balaban J connectivity index is 2.89. The molecular weight excluding hydrogens is 184 g/mol. The second-order valence-electron chi connectivity index (χ2n) is 3.00. The van der Waals surface area contributed by atoms with Crippen LogP contribution in [0.3, 0.4) is 0 Å². The maximum Gasteiger partial charge on any atom is 0.127 e. The third-order valence-corrected chi connectivity index (χ3v) is 2.37. The van der Waals surface area contributed by atoms with Crippen LogP contribution in [0.15, 0.2) is 24.3 Å². The van der Waals surface area contributed by atoms with E-state index in [0.717, 1.165) is 16.5 Å². The number of nitrogens with two attached hydrogens (primary N) is 1. The third kappa shape index (κ3) is 1.33. The number of rotatable bonds is 0. The lowest BCUT2D eigenvalue weighted by Gasteiger charge is -2.03. The second-order valence-corrected chi connectivity index (χ2v) is 3.40. The van der Waals surface area contributed by atoms with Crippen molar-refractivity contribution in [1.29, 1.82) is 0 Å². The van der Waals surface area contributed by atoms with E-state index < -0.39 is 0 Å². The van der Waals surface area contributed by atoms with Gasteiger partial charge < -0.3 is 5.73 Å². The van der Waals surface area contributed by atoms with Crippen molar-refractivity contribution in [2.45, 2.75) is 6.92 Å². The van der Waals surface area contributed by atoms with Crippen molar-refractivity contribution in [2.24, 2.45) is 0 Å². The van der Waals surface area contributed by atoms with Gasteiger partial charge in [-0.3, -0.25) is 0 Å². The first kappa shape index (κ1) is 8.32. The number of fused-ring (bicyclic) bond motifs is 1. The Morgan fingerprint density at radius 1 is 1.38 bits per heavy atom. The van der Waals surface area contributed by atoms with Gasteiger partial charge in [0.2, 0.25) is 0 Å². The topological polar surface area (TPSA) is 38.9 Å². The van der Waals surface area contributed by atoms with Gasteiger partial charge >= 0.3 is 0 Å². The third-order valence-electron chi connectivity index (χ3n) is 2.04. The fourth-order valence-electron chi connectivity index (χ4n) is 1.27. The molecule has 0 saturated carbocycles. The van der Waals surface area contributed by atoms with Gasteiger partial charge in [-0.05, 0) is 30.7 Å². The van der Waals surface area contributed by atoms with Crippen LogP contribution in [-0.2, 0) is 0 Å². The van der Waals surface area contributed by atoms with Crippen LogP contribution >= 0.6 is 11.6 Å². The van der Waals surface area contributed by atoms with Gasteiger partial charge in [-0.1, -0.05) is 17.7 Å². The highest BCUT2D eigenvalue weighted by atomic mass is 35.5.